The second kappa shape index (κ2) is 6.56. The van der Waals surface area contributed by atoms with E-state index in [1.807, 2.05) is 0 Å². The predicted molar refractivity (Wildman–Crippen MR) is 71.1 cm³/mol. The van der Waals surface area contributed by atoms with Crippen LogP contribution in [-0.4, -0.2) is 37.7 Å². The molecule has 0 bridgehead atoms. The maximum atomic E-state index is 11.8. The van der Waals surface area contributed by atoms with Gasteiger partial charge in [0, 0.05) is 6.26 Å². The summed E-state index contributed by atoms with van der Waals surface area (Å²) in [5.74, 6) is -2.07. The van der Waals surface area contributed by atoms with Crippen molar-refractivity contribution in [1.82, 2.24) is 5.32 Å². The van der Waals surface area contributed by atoms with Gasteiger partial charge in [-0.05, 0) is 18.6 Å². The van der Waals surface area contributed by atoms with Gasteiger partial charge in [0.15, 0.2) is 15.6 Å². The molecule has 112 valence electrons. The van der Waals surface area contributed by atoms with Gasteiger partial charge in [-0.1, -0.05) is 13.3 Å². The number of amides is 1. The highest BCUT2D eigenvalue weighted by molar-refractivity contribution is 7.89. The summed E-state index contributed by atoms with van der Waals surface area (Å²) in [7, 11) is -3.25. The van der Waals surface area contributed by atoms with Crippen molar-refractivity contribution in [2.75, 3.05) is 6.26 Å². The van der Waals surface area contributed by atoms with E-state index in [-0.39, 0.29) is 17.3 Å². The van der Waals surface area contributed by atoms with Gasteiger partial charge in [-0.15, -0.1) is 0 Å². The molecular formula is C12H17NO6S. The second-order valence-corrected chi connectivity index (χ2v) is 6.63. The number of aliphatic carboxylic acids is 1. The van der Waals surface area contributed by atoms with Crippen molar-refractivity contribution in [2.45, 2.75) is 31.6 Å². The Morgan fingerprint density at radius 1 is 1.40 bits per heavy atom. The average molecular weight is 303 g/mol. The maximum Gasteiger partial charge on any atom is 0.326 e. The summed E-state index contributed by atoms with van der Waals surface area (Å²) in [5.41, 5.74) is 0. The Bertz CT molecular complexity index is 589. The summed E-state index contributed by atoms with van der Waals surface area (Å²) in [5, 5.41) is 11.3. The van der Waals surface area contributed by atoms with Crippen LogP contribution in [0.4, 0.5) is 0 Å². The third-order valence-electron chi connectivity index (χ3n) is 2.47. The Kier molecular flexibility index (Phi) is 5.32. The Hall–Kier alpha value is -1.83. The fourth-order valence-corrected chi connectivity index (χ4v) is 2.28. The molecule has 8 heteroatoms. The largest absolute Gasteiger partial charge is 0.480 e. The quantitative estimate of drug-likeness (QED) is 0.770. The van der Waals surface area contributed by atoms with Crippen LogP contribution in [0.15, 0.2) is 16.5 Å². The molecule has 0 saturated carbocycles. The summed E-state index contributed by atoms with van der Waals surface area (Å²) in [6.45, 7) is 1.80. The first-order valence-electron chi connectivity index (χ1n) is 6.03. The molecule has 0 aromatic carbocycles. The number of hydrogen-bond donors (Lipinski definition) is 2. The van der Waals surface area contributed by atoms with Gasteiger partial charge in [0.1, 0.15) is 17.6 Å². The molecule has 20 heavy (non-hydrogen) atoms. The molecule has 7 nitrogen and oxygen atoms in total. The number of nitrogens with one attached hydrogen (secondary N) is 1. The van der Waals surface area contributed by atoms with Gasteiger partial charge < -0.3 is 14.8 Å². The number of rotatable bonds is 7. The lowest BCUT2D eigenvalue weighted by molar-refractivity contribution is -0.139. The van der Waals surface area contributed by atoms with E-state index < -0.39 is 27.8 Å². The molecule has 0 aliphatic heterocycles. The standard InChI is InChI=1S/C12H17NO6S/c1-3-4-9(12(15)16)13-11(14)10-6-5-8(19-10)7-20(2,17)18/h5-6,9H,3-4,7H2,1-2H3,(H,13,14)(H,15,16). The molecule has 1 atom stereocenters. The van der Waals surface area contributed by atoms with Gasteiger partial charge in [-0.3, -0.25) is 4.79 Å². The summed E-state index contributed by atoms with van der Waals surface area (Å²) < 4.78 is 27.3. The van der Waals surface area contributed by atoms with Crippen LogP contribution in [0, 0.1) is 0 Å². The van der Waals surface area contributed by atoms with Gasteiger partial charge in [-0.2, -0.15) is 0 Å². The van der Waals surface area contributed by atoms with Crippen molar-refractivity contribution < 1.29 is 27.5 Å². The molecule has 0 saturated heterocycles. The molecular weight excluding hydrogens is 286 g/mol. The molecule has 1 unspecified atom stereocenters. The second-order valence-electron chi connectivity index (χ2n) is 4.49. The highest BCUT2D eigenvalue weighted by Crippen LogP contribution is 2.11. The normalized spacial score (nSPS) is 12.9. The van der Waals surface area contributed by atoms with Crippen LogP contribution in [0.2, 0.25) is 0 Å². The maximum absolute atomic E-state index is 11.8. The van der Waals surface area contributed by atoms with E-state index in [0.29, 0.717) is 12.8 Å². The summed E-state index contributed by atoms with van der Waals surface area (Å²) in [6.07, 6.45) is 1.96. The van der Waals surface area contributed by atoms with Crippen molar-refractivity contribution in [1.29, 1.82) is 0 Å². The fourth-order valence-electron chi connectivity index (χ4n) is 1.61. The number of hydrogen-bond acceptors (Lipinski definition) is 5. The van der Waals surface area contributed by atoms with E-state index in [2.05, 4.69) is 5.32 Å². The molecule has 0 aliphatic carbocycles. The lowest BCUT2D eigenvalue weighted by atomic mass is 10.1. The Morgan fingerprint density at radius 3 is 2.55 bits per heavy atom. The molecule has 1 rings (SSSR count). The number of sulfone groups is 1. The van der Waals surface area contributed by atoms with Crippen molar-refractivity contribution in [2.24, 2.45) is 0 Å². The van der Waals surface area contributed by atoms with Gasteiger partial charge >= 0.3 is 5.97 Å². The van der Waals surface area contributed by atoms with Crippen molar-refractivity contribution in [3.63, 3.8) is 0 Å². The highest BCUT2D eigenvalue weighted by atomic mass is 32.2. The van der Waals surface area contributed by atoms with Crippen LogP contribution in [-0.2, 0) is 20.4 Å². The molecule has 0 radical (unpaired) electrons. The average Bonchev–Trinajstić information content (AvgIpc) is 2.74. The summed E-state index contributed by atoms with van der Waals surface area (Å²) in [4.78, 5) is 22.7. The van der Waals surface area contributed by atoms with Crippen molar-refractivity contribution in [3.05, 3.63) is 23.7 Å². The third-order valence-corrected chi connectivity index (χ3v) is 3.28. The number of carboxylic acids is 1. The van der Waals surface area contributed by atoms with Crippen LogP contribution in [0.3, 0.4) is 0 Å². The zero-order chi connectivity index (χ0) is 15.3. The van der Waals surface area contributed by atoms with Crippen molar-refractivity contribution >= 4 is 21.7 Å². The van der Waals surface area contributed by atoms with Crippen LogP contribution >= 0.6 is 0 Å². The van der Waals surface area contributed by atoms with E-state index in [0.717, 1.165) is 6.26 Å². The molecule has 0 fully saturated rings. The first-order valence-corrected chi connectivity index (χ1v) is 8.09. The van der Waals surface area contributed by atoms with Gasteiger partial charge in [0.25, 0.3) is 5.91 Å². The van der Waals surface area contributed by atoms with E-state index >= 15 is 0 Å². The monoisotopic (exact) mass is 303 g/mol. The van der Waals surface area contributed by atoms with Gasteiger partial charge in [0.2, 0.25) is 0 Å². The minimum absolute atomic E-state index is 0.106. The third kappa shape index (κ3) is 5.04. The van der Waals surface area contributed by atoms with Crippen LogP contribution < -0.4 is 5.32 Å². The Labute approximate surface area is 116 Å². The van der Waals surface area contributed by atoms with Gasteiger partial charge in [-0.25, -0.2) is 13.2 Å². The summed E-state index contributed by atoms with van der Waals surface area (Å²) in [6, 6.07) is 1.71. The number of carbonyl (C=O) groups excluding carboxylic acids is 1. The van der Waals surface area contributed by atoms with E-state index in [1.54, 1.807) is 6.92 Å². The predicted octanol–water partition coefficient (Wildman–Crippen LogP) is 0.807. The minimum Gasteiger partial charge on any atom is -0.480 e. The van der Waals surface area contributed by atoms with Crippen LogP contribution in [0.1, 0.15) is 36.1 Å². The first-order chi connectivity index (χ1) is 9.23. The molecule has 1 heterocycles. The van der Waals surface area contributed by atoms with E-state index in [1.165, 1.54) is 12.1 Å². The first kappa shape index (κ1) is 16.2. The number of carbonyl (C=O) groups is 2. The van der Waals surface area contributed by atoms with E-state index in [4.69, 9.17) is 9.52 Å². The zero-order valence-electron chi connectivity index (χ0n) is 11.3. The molecule has 1 aromatic rings. The molecule has 2 N–H and O–H groups in total. The molecule has 0 aliphatic rings. The smallest absolute Gasteiger partial charge is 0.326 e. The Morgan fingerprint density at radius 2 is 2.05 bits per heavy atom. The lowest BCUT2D eigenvalue weighted by Gasteiger charge is -2.12. The SMILES string of the molecule is CCCC(NC(=O)c1ccc(CS(C)(=O)=O)o1)C(=O)O. The Balaban J connectivity index is 2.75. The fraction of sp³-hybridized carbons (Fsp3) is 0.500. The zero-order valence-corrected chi connectivity index (χ0v) is 12.1. The molecule has 0 spiro atoms. The molecule has 1 amide bonds. The minimum atomic E-state index is -3.25. The number of carboxylic acid groups (broad SMARTS) is 1. The van der Waals surface area contributed by atoms with Gasteiger partial charge in [0.05, 0.1) is 0 Å². The van der Waals surface area contributed by atoms with Crippen LogP contribution in [0.25, 0.3) is 0 Å². The highest BCUT2D eigenvalue weighted by Gasteiger charge is 2.21. The number of furan rings is 1. The lowest BCUT2D eigenvalue weighted by Crippen LogP contribution is -2.40. The van der Waals surface area contributed by atoms with E-state index in [9.17, 15) is 18.0 Å². The topological polar surface area (TPSA) is 114 Å². The molecule has 1 aromatic heterocycles. The van der Waals surface area contributed by atoms with Crippen molar-refractivity contribution in [3.8, 4) is 0 Å². The van der Waals surface area contributed by atoms with Crippen LogP contribution in [0.5, 0.6) is 0 Å². The summed E-state index contributed by atoms with van der Waals surface area (Å²) >= 11 is 0.